The fourth-order valence-electron chi connectivity index (χ4n) is 7.02. The molecule has 9 rings (SSSR count). The van der Waals surface area contributed by atoms with Gasteiger partial charge in [0.2, 0.25) is 0 Å². The predicted molar refractivity (Wildman–Crippen MR) is 201 cm³/mol. The lowest BCUT2D eigenvalue weighted by molar-refractivity contribution is 0.473. The molecule has 0 radical (unpaired) electrons. The van der Waals surface area contributed by atoms with E-state index in [1.807, 2.05) is 18.5 Å². The van der Waals surface area contributed by atoms with Gasteiger partial charge in [-0.2, -0.15) is 0 Å². The van der Waals surface area contributed by atoms with Crippen molar-refractivity contribution in [2.45, 2.75) is 6.42 Å². The average Bonchev–Trinajstić information content (AvgIpc) is 3.15. The molecular formula is C42H29N2OPS. The molecule has 2 heterocycles. The average molecular weight is 641 g/mol. The number of fused-ring (bicyclic) bond motifs is 3. The SMILES string of the molecule is S=P(c1ccccc1)(c1ccccc1)c1cccc(-c2ccc3c(c2)N(c2cccnc2)c2cc4cccc5c4c(c2O3)CC=C5)c1. The first kappa shape index (κ1) is 28.0. The molecule has 7 aromatic rings. The zero-order valence-electron chi connectivity index (χ0n) is 25.5. The third kappa shape index (κ3) is 4.56. The third-order valence-corrected chi connectivity index (χ3v) is 14.1. The van der Waals surface area contributed by atoms with Gasteiger partial charge in [0.1, 0.15) is 0 Å². The van der Waals surface area contributed by atoms with Gasteiger partial charge in [0.05, 0.1) is 23.3 Å². The summed E-state index contributed by atoms with van der Waals surface area (Å²) in [5.74, 6) is 1.73. The van der Waals surface area contributed by atoms with Crippen LogP contribution < -0.4 is 25.6 Å². The van der Waals surface area contributed by atoms with E-state index in [9.17, 15) is 0 Å². The maximum Gasteiger partial charge on any atom is 0.155 e. The van der Waals surface area contributed by atoms with Gasteiger partial charge in [-0.05, 0) is 86.2 Å². The Bertz CT molecular complexity index is 2350. The van der Waals surface area contributed by atoms with Crippen LogP contribution >= 0.6 is 6.04 Å². The summed E-state index contributed by atoms with van der Waals surface area (Å²) < 4.78 is 6.83. The molecule has 2 aliphatic rings. The molecule has 0 N–H and O–H groups in total. The number of hydrogen-bond donors (Lipinski definition) is 0. The predicted octanol–water partition coefficient (Wildman–Crippen LogP) is 9.80. The fourth-order valence-corrected chi connectivity index (χ4v) is 10.8. The molecule has 47 heavy (non-hydrogen) atoms. The van der Waals surface area contributed by atoms with Crippen LogP contribution in [0.1, 0.15) is 11.1 Å². The van der Waals surface area contributed by atoms with Crippen molar-refractivity contribution >= 4 is 67.7 Å². The highest BCUT2D eigenvalue weighted by molar-refractivity contribution is 8.25. The Morgan fingerprint density at radius 1 is 0.660 bits per heavy atom. The topological polar surface area (TPSA) is 25.4 Å². The maximum atomic E-state index is 6.83. The molecular weight excluding hydrogens is 612 g/mol. The van der Waals surface area contributed by atoms with Crippen LogP contribution in [0.15, 0.2) is 158 Å². The molecule has 1 aliphatic heterocycles. The molecule has 1 aromatic heterocycles. The summed E-state index contributed by atoms with van der Waals surface area (Å²) in [6, 6.07) is 47.1. The lowest BCUT2D eigenvalue weighted by atomic mass is 9.90. The van der Waals surface area contributed by atoms with Gasteiger partial charge >= 0.3 is 0 Å². The summed E-state index contributed by atoms with van der Waals surface area (Å²) in [5.41, 5.74) is 7.66. The summed E-state index contributed by atoms with van der Waals surface area (Å²) in [6.07, 6.45) is 9.01. The van der Waals surface area contributed by atoms with Gasteiger partial charge in [-0.25, -0.2) is 0 Å². The second kappa shape index (κ2) is 11.2. The first-order valence-electron chi connectivity index (χ1n) is 15.8. The Hall–Kier alpha value is -5.28. The first-order chi connectivity index (χ1) is 23.2. The van der Waals surface area contributed by atoms with E-state index in [1.54, 1.807) is 0 Å². The van der Waals surface area contributed by atoms with Crippen LogP contribution in [0.4, 0.5) is 17.1 Å². The Morgan fingerprint density at radius 3 is 2.17 bits per heavy atom. The summed E-state index contributed by atoms with van der Waals surface area (Å²) in [5, 5.41) is 6.01. The first-order valence-corrected chi connectivity index (χ1v) is 18.6. The molecule has 0 atom stereocenters. The minimum Gasteiger partial charge on any atom is -0.453 e. The second-order valence-corrected chi connectivity index (χ2v) is 16.3. The lowest BCUT2D eigenvalue weighted by Gasteiger charge is -2.35. The van der Waals surface area contributed by atoms with Crippen LogP contribution in [0, 0.1) is 0 Å². The van der Waals surface area contributed by atoms with E-state index in [4.69, 9.17) is 16.5 Å². The highest BCUT2D eigenvalue weighted by atomic mass is 32.4. The number of anilines is 3. The molecule has 0 saturated heterocycles. The molecule has 0 unspecified atom stereocenters. The number of aromatic nitrogens is 1. The Labute approximate surface area is 279 Å². The van der Waals surface area contributed by atoms with Gasteiger partial charge in [0.15, 0.2) is 11.5 Å². The second-order valence-electron chi connectivity index (χ2n) is 11.9. The standard InChI is InChI=1S/C42H29N2OPS/c47-46(34-16-3-1-4-17-34,35-18-5-2-6-19-35)36-20-8-13-30(25-36)31-22-23-40-38(26-31)44(33-15-10-24-43-28-33)39-27-32-14-7-11-29-12-9-21-37(41(29)32)42(39)45-40/h1-20,22-28H,21H2. The largest absolute Gasteiger partial charge is 0.453 e. The van der Waals surface area contributed by atoms with Crippen molar-refractivity contribution < 1.29 is 4.74 Å². The van der Waals surface area contributed by atoms with Crippen molar-refractivity contribution in [3.05, 3.63) is 169 Å². The van der Waals surface area contributed by atoms with Crippen molar-refractivity contribution in [2.75, 3.05) is 4.90 Å². The van der Waals surface area contributed by atoms with Gasteiger partial charge in [0, 0.05) is 17.8 Å². The maximum absolute atomic E-state index is 6.83. The molecule has 0 bridgehead atoms. The number of benzene rings is 6. The fraction of sp³-hybridized carbons (Fsp3) is 0.0238. The van der Waals surface area contributed by atoms with Crippen LogP contribution in [0.3, 0.4) is 0 Å². The van der Waals surface area contributed by atoms with Crippen LogP contribution in [-0.2, 0) is 18.2 Å². The molecule has 6 aromatic carbocycles. The summed E-state index contributed by atoms with van der Waals surface area (Å²) in [7, 11) is 0. The van der Waals surface area contributed by atoms with Crippen molar-refractivity contribution in [2.24, 2.45) is 0 Å². The lowest BCUT2D eigenvalue weighted by Crippen LogP contribution is -2.24. The molecule has 0 saturated carbocycles. The summed E-state index contributed by atoms with van der Waals surface area (Å²) >= 11 is 6.68. The smallest absolute Gasteiger partial charge is 0.155 e. The monoisotopic (exact) mass is 640 g/mol. The molecule has 0 fully saturated rings. The minimum atomic E-state index is -2.30. The molecule has 0 spiro atoms. The van der Waals surface area contributed by atoms with Crippen molar-refractivity contribution in [3.8, 4) is 22.6 Å². The number of hydrogen-bond acceptors (Lipinski definition) is 4. The molecule has 5 heteroatoms. The molecule has 1 aliphatic carbocycles. The summed E-state index contributed by atoms with van der Waals surface area (Å²) in [6.45, 7) is 0. The third-order valence-electron chi connectivity index (χ3n) is 9.19. The summed E-state index contributed by atoms with van der Waals surface area (Å²) in [4.78, 5) is 6.81. The Balaban J connectivity index is 1.21. The normalized spacial score (nSPS) is 13.1. The quantitative estimate of drug-likeness (QED) is 0.175. The Morgan fingerprint density at radius 2 is 1.40 bits per heavy atom. The van der Waals surface area contributed by atoms with E-state index in [-0.39, 0.29) is 0 Å². The van der Waals surface area contributed by atoms with Crippen LogP contribution in [-0.4, -0.2) is 4.98 Å². The minimum absolute atomic E-state index is 0.822. The van der Waals surface area contributed by atoms with Gasteiger partial charge in [-0.3, -0.25) is 4.98 Å². The number of pyridine rings is 1. The highest BCUT2D eigenvalue weighted by Crippen LogP contribution is 2.55. The van der Waals surface area contributed by atoms with Gasteiger partial charge < -0.3 is 9.64 Å². The van der Waals surface area contributed by atoms with Crippen molar-refractivity contribution in [1.82, 2.24) is 4.98 Å². The number of ether oxygens (including phenoxy) is 1. The number of rotatable bonds is 5. The van der Waals surface area contributed by atoms with E-state index in [2.05, 4.69) is 155 Å². The zero-order chi connectivity index (χ0) is 31.4. The number of nitrogens with zero attached hydrogens (tertiary/aromatic N) is 2. The van der Waals surface area contributed by atoms with Gasteiger partial charge in [-0.15, -0.1) is 0 Å². The molecule has 0 amide bonds. The van der Waals surface area contributed by atoms with Crippen molar-refractivity contribution in [3.63, 3.8) is 0 Å². The molecule has 3 nitrogen and oxygen atoms in total. The zero-order valence-corrected chi connectivity index (χ0v) is 27.2. The van der Waals surface area contributed by atoms with E-state index in [0.717, 1.165) is 46.1 Å². The van der Waals surface area contributed by atoms with E-state index >= 15 is 0 Å². The van der Waals surface area contributed by atoms with E-state index in [0.29, 0.717) is 0 Å². The van der Waals surface area contributed by atoms with E-state index in [1.165, 1.54) is 37.8 Å². The van der Waals surface area contributed by atoms with Crippen LogP contribution in [0.2, 0.25) is 0 Å². The van der Waals surface area contributed by atoms with Crippen molar-refractivity contribution in [1.29, 1.82) is 0 Å². The molecule has 224 valence electrons. The van der Waals surface area contributed by atoms with E-state index < -0.39 is 6.04 Å². The van der Waals surface area contributed by atoms with Gasteiger partial charge in [-0.1, -0.05) is 127 Å². The highest BCUT2D eigenvalue weighted by Gasteiger charge is 2.31. The van der Waals surface area contributed by atoms with Gasteiger partial charge in [0.25, 0.3) is 0 Å². The number of allylic oxidation sites excluding steroid dienone is 1. The van der Waals surface area contributed by atoms with Crippen LogP contribution in [0.25, 0.3) is 28.0 Å². The Kier molecular flexibility index (Phi) is 6.67. The van der Waals surface area contributed by atoms with Crippen LogP contribution in [0.5, 0.6) is 11.5 Å².